The summed E-state index contributed by atoms with van der Waals surface area (Å²) in [5.74, 6) is 1.18. The number of rotatable bonds is 7. The summed E-state index contributed by atoms with van der Waals surface area (Å²) in [7, 11) is 1.64. The van der Waals surface area contributed by atoms with Gasteiger partial charge in [0.1, 0.15) is 5.75 Å². The zero-order chi connectivity index (χ0) is 20.1. The van der Waals surface area contributed by atoms with Crippen LogP contribution < -0.4 is 10.5 Å². The van der Waals surface area contributed by atoms with Crippen LogP contribution in [0.1, 0.15) is 50.6 Å². The van der Waals surface area contributed by atoms with Crippen molar-refractivity contribution in [3.05, 3.63) is 29.8 Å². The number of benzene rings is 1. The smallest absolute Gasteiger partial charge is 0.228 e. The van der Waals surface area contributed by atoms with E-state index in [0.29, 0.717) is 31.8 Å². The van der Waals surface area contributed by atoms with Crippen LogP contribution in [0.15, 0.2) is 24.3 Å². The molecule has 0 aromatic heterocycles. The minimum Gasteiger partial charge on any atom is -0.496 e. The lowest BCUT2D eigenvalue weighted by Gasteiger charge is -2.42. The Kier molecular flexibility index (Phi) is 6.94. The van der Waals surface area contributed by atoms with Gasteiger partial charge in [-0.2, -0.15) is 0 Å². The SMILES string of the molecule is CCCCN1C(=O)CC[C@H](C(=O)N2CC[C@@H](CN)C2)[C@@H]1c1ccccc1OC. The Morgan fingerprint density at radius 2 is 2.07 bits per heavy atom. The first-order valence-corrected chi connectivity index (χ1v) is 10.5. The molecule has 0 radical (unpaired) electrons. The van der Waals surface area contributed by atoms with Crippen LogP contribution in [0.25, 0.3) is 0 Å². The maximum atomic E-state index is 13.5. The fourth-order valence-corrected chi connectivity index (χ4v) is 4.56. The van der Waals surface area contributed by atoms with Crippen LogP contribution in [0.2, 0.25) is 0 Å². The van der Waals surface area contributed by atoms with E-state index in [2.05, 4.69) is 6.92 Å². The van der Waals surface area contributed by atoms with E-state index in [1.54, 1.807) is 7.11 Å². The fraction of sp³-hybridized carbons (Fsp3) is 0.636. The highest BCUT2D eigenvalue weighted by molar-refractivity contribution is 5.85. The Hall–Kier alpha value is -2.08. The van der Waals surface area contributed by atoms with Crippen LogP contribution >= 0.6 is 0 Å². The highest BCUT2D eigenvalue weighted by Gasteiger charge is 2.43. The Balaban J connectivity index is 1.94. The number of methoxy groups -OCH3 is 1. The molecule has 0 unspecified atom stereocenters. The number of nitrogens with zero attached hydrogens (tertiary/aromatic N) is 2. The van der Waals surface area contributed by atoms with E-state index in [-0.39, 0.29) is 23.8 Å². The number of hydrogen-bond donors (Lipinski definition) is 1. The maximum Gasteiger partial charge on any atom is 0.228 e. The number of carbonyl (C=O) groups excluding carboxylic acids is 2. The van der Waals surface area contributed by atoms with Crippen LogP contribution in [0, 0.1) is 11.8 Å². The second-order valence-corrected chi connectivity index (χ2v) is 7.95. The van der Waals surface area contributed by atoms with Crippen LogP contribution in [0.3, 0.4) is 0 Å². The molecule has 6 heteroatoms. The summed E-state index contributed by atoms with van der Waals surface area (Å²) in [6.07, 6.45) is 3.92. The number of unbranched alkanes of at least 4 members (excludes halogenated alkanes) is 1. The molecule has 28 heavy (non-hydrogen) atoms. The summed E-state index contributed by atoms with van der Waals surface area (Å²) in [6.45, 7) is 4.90. The predicted molar refractivity (Wildman–Crippen MR) is 109 cm³/mol. The molecule has 2 saturated heterocycles. The number of likely N-dealkylation sites (tertiary alicyclic amines) is 2. The van der Waals surface area contributed by atoms with E-state index in [1.165, 1.54) is 0 Å². The third-order valence-corrected chi connectivity index (χ3v) is 6.16. The maximum absolute atomic E-state index is 13.5. The number of para-hydroxylation sites is 1. The average Bonchev–Trinajstić information content (AvgIpc) is 3.21. The van der Waals surface area contributed by atoms with Gasteiger partial charge in [0, 0.05) is 31.6 Å². The normalized spacial score (nSPS) is 25.2. The molecule has 0 bridgehead atoms. The van der Waals surface area contributed by atoms with Crippen molar-refractivity contribution in [2.75, 3.05) is 33.3 Å². The first kappa shape index (κ1) is 20.6. The van der Waals surface area contributed by atoms with Gasteiger partial charge in [-0.25, -0.2) is 0 Å². The lowest BCUT2D eigenvalue weighted by Crippen LogP contribution is -2.49. The van der Waals surface area contributed by atoms with E-state index in [4.69, 9.17) is 10.5 Å². The van der Waals surface area contributed by atoms with Gasteiger partial charge in [-0.05, 0) is 37.8 Å². The van der Waals surface area contributed by atoms with Gasteiger partial charge < -0.3 is 20.3 Å². The zero-order valence-corrected chi connectivity index (χ0v) is 17.1. The molecule has 2 aliphatic heterocycles. The minimum absolute atomic E-state index is 0.134. The second kappa shape index (κ2) is 9.41. The molecule has 3 atom stereocenters. The van der Waals surface area contributed by atoms with E-state index in [0.717, 1.165) is 43.7 Å². The monoisotopic (exact) mass is 387 g/mol. The molecule has 1 aromatic rings. The van der Waals surface area contributed by atoms with Crippen molar-refractivity contribution in [2.45, 2.75) is 45.1 Å². The molecular formula is C22H33N3O3. The molecule has 0 aliphatic carbocycles. The Morgan fingerprint density at radius 1 is 1.29 bits per heavy atom. The van der Waals surface area contributed by atoms with Crippen LogP contribution in [-0.4, -0.2) is 54.9 Å². The predicted octanol–water partition coefficient (Wildman–Crippen LogP) is 2.58. The summed E-state index contributed by atoms with van der Waals surface area (Å²) >= 11 is 0. The van der Waals surface area contributed by atoms with Gasteiger partial charge in [0.05, 0.1) is 19.1 Å². The summed E-state index contributed by atoms with van der Waals surface area (Å²) in [5.41, 5.74) is 6.75. The molecule has 154 valence electrons. The Morgan fingerprint density at radius 3 is 2.75 bits per heavy atom. The number of hydrogen-bond acceptors (Lipinski definition) is 4. The molecule has 1 aromatic carbocycles. The molecule has 2 amide bonds. The summed E-state index contributed by atoms with van der Waals surface area (Å²) in [6, 6.07) is 7.51. The van der Waals surface area contributed by atoms with Gasteiger partial charge >= 0.3 is 0 Å². The van der Waals surface area contributed by atoms with Gasteiger partial charge in [-0.1, -0.05) is 31.5 Å². The molecule has 3 rings (SSSR count). The zero-order valence-electron chi connectivity index (χ0n) is 17.1. The number of nitrogens with two attached hydrogens (primary N) is 1. The van der Waals surface area contributed by atoms with Gasteiger partial charge in [0.15, 0.2) is 0 Å². The summed E-state index contributed by atoms with van der Waals surface area (Å²) in [5, 5.41) is 0. The molecule has 2 fully saturated rings. The van der Waals surface area contributed by atoms with Crippen molar-refractivity contribution < 1.29 is 14.3 Å². The molecule has 2 N–H and O–H groups in total. The number of carbonyl (C=O) groups is 2. The van der Waals surface area contributed by atoms with Crippen LogP contribution in [-0.2, 0) is 9.59 Å². The minimum atomic E-state index is -0.270. The number of amides is 2. The van der Waals surface area contributed by atoms with Crippen molar-refractivity contribution in [3.8, 4) is 5.75 Å². The van der Waals surface area contributed by atoms with Gasteiger partial charge in [0.2, 0.25) is 11.8 Å². The molecule has 2 heterocycles. The third-order valence-electron chi connectivity index (χ3n) is 6.16. The number of ether oxygens (including phenoxy) is 1. The van der Waals surface area contributed by atoms with Crippen molar-refractivity contribution in [3.63, 3.8) is 0 Å². The highest BCUT2D eigenvalue weighted by Crippen LogP contribution is 2.42. The molecule has 2 aliphatic rings. The largest absolute Gasteiger partial charge is 0.496 e. The van der Waals surface area contributed by atoms with Crippen molar-refractivity contribution in [1.82, 2.24) is 9.80 Å². The lowest BCUT2D eigenvalue weighted by molar-refractivity contribution is -0.147. The first-order chi connectivity index (χ1) is 13.6. The highest BCUT2D eigenvalue weighted by atomic mass is 16.5. The summed E-state index contributed by atoms with van der Waals surface area (Å²) in [4.78, 5) is 30.2. The topological polar surface area (TPSA) is 75.9 Å². The van der Waals surface area contributed by atoms with Gasteiger partial charge in [-0.3, -0.25) is 9.59 Å². The number of piperidine rings is 1. The second-order valence-electron chi connectivity index (χ2n) is 7.95. The van der Waals surface area contributed by atoms with Gasteiger partial charge in [-0.15, -0.1) is 0 Å². The van der Waals surface area contributed by atoms with Crippen LogP contribution in [0.4, 0.5) is 0 Å². The molecule has 0 spiro atoms. The lowest BCUT2D eigenvalue weighted by atomic mass is 9.82. The first-order valence-electron chi connectivity index (χ1n) is 10.5. The average molecular weight is 388 g/mol. The van der Waals surface area contributed by atoms with E-state index >= 15 is 0 Å². The fourth-order valence-electron chi connectivity index (χ4n) is 4.56. The third kappa shape index (κ3) is 4.17. The van der Waals surface area contributed by atoms with Gasteiger partial charge in [0.25, 0.3) is 0 Å². The van der Waals surface area contributed by atoms with Crippen molar-refractivity contribution in [2.24, 2.45) is 17.6 Å². The van der Waals surface area contributed by atoms with Crippen molar-refractivity contribution in [1.29, 1.82) is 0 Å². The molecular weight excluding hydrogens is 354 g/mol. The van der Waals surface area contributed by atoms with E-state index in [9.17, 15) is 9.59 Å². The van der Waals surface area contributed by atoms with E-state index < -0.39 is 0 Å². The Bertz CT molecular complexity index is 693. The molecule has 6 nitrogen and oxygen atoms in total. The van der Waals surface area contributed by atoms with Crippen LogP contribution in [0.5, 0.6) is 5.75 Å². The quantitative estimate of drug-likeness (QED) is 0.780. The molecule has 0 saturated carbocycles. The van der Waals surface area contributed by atoms with Crippen molar-refractivity contribution >= 4 is 11.8 Å². The van der Waals surface area contributed by atoms with E-state index in [1.807, 2.05) is 34.1 Å². The Labute approximate surface area is 168 Å². The standard InChI is InChI=1S/C22H33N3O3/c1-3-4-12-25-20(26)10-9-18(22(27)24-13-11-16(14-23)15-24)21(25)17-7-5-6-8-19(17)28-2/h5-8,16,18,21H,3-4,9-15,23H2,1-2H3/t16-,18-,21-/m0/s1. The summed E-state index contributed by atoms with van der Waals surface area (Å²) < 4.78 is 5.60.